The number of nitrogens with zero attached hydrogens (tertiary/aromatic N) is 3. The van der Waals surface area contributed by atoms with Crippen molar-refractivity contribution in [2.75, 3.05) is 31.1 Å². The number of hydrogen-bond acceptors (Lipinski definition) is 4. The van der Waals surface area contributed by atoms with Crippen molar-refractivity contribution in [2.45, 2.75) is 26.6 Å². The maximum Gasteiger partial charge on any atom is 0.289 e. The van der Waals surface area contributed by atoms with Crippen LogP contribution in [0.5, 0.6) is 0 Å². The van der Waals surface area contributed by atoms with Crippen LogP contribution in [0.3, 0.4) is 0 Å². The smallest absolute Gasteiger partial charge is 0.289 e. The number of rotatable bonds is 8. The Hall–Kier alpha value is -3.90. The predicted octanol–water partition coefficient (Wildman–Crippen LogP) is 5.89. The molecule has 0 radical (unpaired) electrons. The molecule has 2 heterocycles. The van der Waals surface area contributed by atoms with E-state index in [9.17, 15) is 9.18 Å². The molecular weight excluding hydrogens is 465 g/mol. The van der Waals surface area contributed by atoms with Gasteiger partial charge in [-0.15, -0.1) is 0 Å². The van der Waals surface area contributed by atoms with E-state index in [1.54, 1.807) is 23.1 Å². The number of carbonyl (C=O) groups excluding carboxylic acids is 1. The van der Waals surface area contributed by atoms with Crippen LogP contribution in [-0.2, 0) is 19.6 Å². The molecule has 5 rings (SSSR count). The molecular formula is C31H32FN3O2. The summed E-state index contributed by atoms with van der Waals surface area (Å²) < 4.78 is 20.2. The molecule has 5 nitrogen and oxygen atoms in total. The largest absolute Gasteiger partial charge is 0.455 e. The second-order valence-corrected chi connectivity index (χ2v) is 9.61. The lowest BCUT2D eigenvalue weighted by molar-refractivity contribution is 0.0710. The molecule has 1 saturated heterocycles. The first-order valence-electron chi connectivity index (χ1n) is 12.7. The van der Waals surface area contributed by atoms with Crippen LogP contribution in [0, 0.1) is 12.7 Å². The summed E-state index contributed by atoms with van der Waals surface area (Å²) in [6, 6.07) is 29.4. The van der Waals surface area contributed by atoms with Crippen LogP contribution in [0.15, 0.2) is 95.4 Å². The molecule has 190 valence electrons. The van der Waals surface area contributed by atoms with Gasteiger partial charge < -0.3 is 14.2 Å². The molecule has 0 aliphatic carbocycles. The summed E-state index contributed by atoms with van der Waals surface area (Å²) in [6.45, 7) is 6.45. The van der Waals surface area contributed by atoms with Crippen molar-refractivity contribution in [1.82, 2.24) is 9.80 Å². The van der Waals surface area contributed by atoms with Gasteiger partial charge in [0.05, 0.1) is 12.2 Å². The molecule has 6 heteroatoms. The van der Waals surface area contributed by atoms with Crippen molar-refractivity contribution in [2.24, 2.45) is 0 Å². The zero-order chi connectivity index (χ0) is 25.6. The standard InChI is InChI=1S/C31H32FN3O2/c1-24-11-13-26(14-12-24)22-33(21-25-7-3-2-4-8-25)23-27-15-16-30(37-27)31(36)35-19-17-34(18-20-35)29-10-6-5-9-28(29)32/h2-16H,17-23H2,1H3. The number of aryl methyl sites for hydroxylation is 1. The molecule has 37 heavy (non-hydrogen) atoms. The van der Waals surface area contributed by atoms with Gasteiger partial charge in [0.25, 0.3) is 5.91 Å². The molecule has 0 saturated carbocycles. The van der Waals surface area contributed by atoms with Crippen molar-refractivity contribution < 1.29 is 13.6 Å². The number of carbonyl (C=O) groups is 1. The van der Waals surface area contributed by atoms with E-state index in [1.165, 1.54) is 22.8 Å². The van der Waals surface area contributed by atoms with Crippen LogP contribution in [-0.4, -0.2) is 41.9 Å². The van der Waals surface area contributed by atoms with E-state index < -0.39 is 0 Å². The number of furan rings is 1. The van der Waals surface area contributed by atoms with E-state index in [-0.39, 0.29) is 11.7 Å². The molecule has 1 aliphatic heterocycles. The highest BCUT2D eigenvalue weighted by Gasteiger charge is 2.25. The van der Waals surface area contributed by atoms with E-state index >= 15 is 0 Å². The molecule has 3 aromatic carbocycles. The van der Waals surface area contributed by atoms with Gasteiger partial charge in [-0.05, 0) is 42.3 Å². The fourth-order valence-electron chi connectivity index (χ4n) is 4.77. The van der Waals surface area contributed by atoms with Gasteiger partial charge in [0.2, 0.25) is 0 Å². The molecule has 1 fully saturated rings. The Balaban J connectivity index is 1.23. The Morgan fingerprint density at radius 1 is 0.784 bits per heavy atom. The van der Waals surface area contributed by atoms with Crippen molar-refractivity contribution in [3.63, 3.8) is 0 Å². The normalized spacial score (nSPS) is 13.8. The van der Waals surface area contributed by atoms with Gasteiger partial charge in [-0.3, -0.25) is 9.69 Å². The van der Waals surface area contributed by atoms with Crippen LogP contribution in [0.4, 0.5) is 10.1 Å². The Bertz CT molecular complexity index is 1310. The van der Waals surface area contributed by atoms with Crippen LogP contribution < -0.4 is 4.90 Å². The molecule has 4 aromatic rings. The minimum absolute atomic E-state index is 0.118. The van der Waals surface area contributed by atoms with Gasteiger partial charge in [-0.2, -0.15) is 0 Å². The highest BCUT2D eigenvalue weighted by Crippen LogP contribution is 2.22. The van der Waals surface area contributed by atoms with Crippen LogP contribution in [0.2, 0.25) is 0 Å². The lowest BCUT2D eigenvalue weighted by atomic mass is 10.1. The third-order valence-corrected chi connectivity index (χ3v) is 6.79. The van der Waals surface area contributed by atoms with Crippen molar-refractivity contribution >= 4 is 11.6 Å². The summed E-state index contributed by atoms with van der Waals surface area (Å²) >= 11 is 0. The Labute approximate surface area is 217 Å². The summed E-state index contributed by atoms with van der Waals surface area (Å²) in [7, 11) is 0. The first kappa shape index (κ1) is 24.8. The lowest BCUT2D eigenvalue weighted by Crippen LogP contribution is -2.49. The second-order valence-electron chi connectivity index (χ2n) is 9.61. The molecule has 0 unspecified atom stereocenters. The van der Waals surface area contributed by atoms with E-state index in [0.29, 0.717) is 44.2 Å². The van der Waals surface area contributed by atoms with Crippen LogP contribution >= 0.6 is 0 Å². The maximum atomic E-state index is 14.2. The SMILES string of the molecule is Cc1ccc(CN(Cc2ccccc2)Cc2ccc(C(=O)N3CCN(c4ccccc4F)CC3)o2)cc1. The van der Waals surface area contributed by atoms with Crippen molar-refractivity contribution in [1.29, 1.82) is 0 Å². The summed E-state index contributed by atoms with van der Waals surface area (Å²) in [5, 5.41) is 0. The molecule has 0 N–H and O–H groups in total. The number of hydrogen-bond donors (Lipinski definition) is 0. The van der Waals surface area contributed by atoms with E-state index in [4.69, 9.17) is 4.42 Å². The molecule has 1 aliphatic rings. The number of benzene rings is 3. The summed E-state index contributed by atoms with van der Waals surface area (Å²) in [6.07, 6.45) is 0. The average Bonchev–Trinajstić information content (AvgIpc) is 3.39. The van der Waals surface area contributed by atoms with E-state index in [1.807, 2.05) is 23.1 Å². The minimum Gasteiger partial charge on any atom is -0.455 e. The fraction of sp³-hybridized carbons (Fsp3) is 0.258. The number of amides is 1. The summed E-state index contributed by atoms with van der Waals surface area (Å²) in [5.74, 6) is 0.761. The summed E-state index contributed by atoms with van der Waals surface area (Å²) in [5.41, 5.74) is 4.28. The minimum atomic E-state index is -0.233. The number of piperazine rings is 1. The van der Waals surface area contributed by atoms with Crippen LogP contribution in [0.25, 0.3) is 0 Å². The molecule has 1 aromatic heterocycles. The van der Waals surface area contributed by atoms with Crippen LogP contribution in [0.1, 0.15) is 33.0 Å². The number of para-hydroxylation sites is 1. The molecule has 0 bridgehead atoms. The van der Waals surface area contributed by atoms with Gasteiger partial charge >= 0.3 is 0 Å². The quantitative estimate of drug-likeness (QED) is 0.304. The first-order valence-corrected chi connectivity index (χ1v) is 12.7. The van der Waals surface area contributed by atoms with Crippen molar-refractivity contribution in [3.05, 3.63) is 125 Å². The molecule has 0 atom stereocenters. The van der Waals surface area contributed by atoms with Gasteiger partial charge in [0, 0.05) is 39.3 Å². The third-order valence-electron chi connectivity index (χ3n) is 6.79. The predicted molar refractivity (Wildman–Crippen MR) is 144 cm³/mol. The van der Waals surface area contributed by atoms with Gasteiger partial charge in [0.15, 0.2) is 5.76 Å². The average molecular weight is 498 g/mol. The fourth-order valence-corrected chi connectivity index (χ4v) is 4.77. The Kier molecular flexibility index (Phi) is 7.66. The highest BCUT2D eigenvalue weighted by atomic mass is 19.1. The number of anilines is 1. The maximum absolute atomic E-state index is 14.2. The Morgan fingerprint density at radius 3 is 2.14 bits per heavy atom. The highest BCUT2D eigenvalue weighted by molar-refractivity contribution is 5.91. The second kappa shape index (κ2) is 11.4. The zero-order valence-corrected chi connectivity index (χ0v) is 21.1. The van der Waals surface area contributed by atoms with Gasteiger partial charge in [0.1, 0.15) is 11.6 Å². The van der Waals surface area contributed by atoms with Gasteiger partial charge in [-0.25, -0.2) is 4.39 Å². The molecule has 0 spiro atoms. The first-order chi connectivity index (χ1) is 18.0. The topological polar surface area (TPSA) is 39.9 Å². The monoisotopic (exact) mass is 497 g/mol. The van der Waals surface area contributed by atoms with Crippen molar-refractivity contribution in [3.8, 4) is 0 Å². The Morgan fingerprint density at radius 2 is 1.43 bits per heavy atom. The number of halogens is 1. The molecule has 1 amide bonds. The lowest BCUT2D eigenvalue weighted by Gasteiger charge is -2.35. The third kappa shape index (κ3) is 6.27. The van der Waals surface area contributed by atoms with E-state index in [0.717, 1.165) is 18.8 Å². The zero-order valence-electron chi connectivity index (χ0n) is 21.1. The summed E-state index contributed by atoms with van der Waals surface area (Å²) in [4.78, 5) is 19.2. The van der Waals surface area contributed by atoms with E-state index in [2.05, 4.69) is 60.4 Å². The van der Waals surface area contributed by atoms with Gasteiger partial charge in [-0.1, -0.05) is 72.3 Å².